The Labute approximate surface area is 337 Å². The summed E-state index contributed by atoms with van der Waals surface area (Å²) in [6, 6.07) is 13.3. The standard InChI is InChI=1S/C43H35F8N3O6/c1-58-34-16-10-22(27-19-23(9-14-31(27)44)38(43(49,50)51)60-41(57)53-33-5-3-4-6-35(33)59-2)18-29(34)39(55)54-37-26-13-12-25(28(26)17-21-7-8-21)36(37)40(56)52-24-11-15-32(45)30(20-24)42(46,47)48/h3-6,9-11,14-16,18-20,25-26,36-38H,7-8,12-13H2,1-2H3,(H,52,56)(H,53,57)(H,54,55)/t25?,26?,36-,37+,38?/m0/s1. The number of carbonyl (C=O) groups excluding carboxylic acids is 3. The highest BCUT2D eigenvalue weighted by atomic mass is 19.4. The van der Waals surface area contributed by atoms with E-state index < -0.39 is 77.0 Å². The minimum atomic E-state index is -5.15. The Hall–Kier alpha value is -6.35. The molecule has 5 atom stereocenters. The first-order chi connectivity index (χ1) is 28.5. The van der Waals surface area contributed by atoms with Crippen molar-refractivity contribution >= 4 is 29.3 Å². The molecule has 0 aliphatic heterocycles. The number of nitrogens with one attached hydrogen (secondary N) is 3. The molecule has 3 N–H and O–H groups in total. The van der Waals surface area contributed by atoms with E-state index in [1.165, 1.54) is 50.6 Å². The van der Waals surface area contributed by atoms with E-state index in [1.54, 1.807) is 6.07 Å². The van der Waals surface area contributed by atoms with Crippen LogP contribution in [0.2, 0.25) is 0 Å². The van der Waals surface area contributed by atoms with E-state index in [4.69, 9.17) is 14.2 Å². The summed E-state index contributed by atoms with van der Waals surface area (Å²) in [5.74, 6) is -5.67. The Kier molecular flexibility index (Phi) is 11.4. The molecule has 3 saturated carbocycles. The summed E-state index contributed by atoms with van der Waals surface area (Å²) >= 11 is 0. The van der Waals surface area contributed by atoms with Crippen LogP contribution in [0.3, 0.4) is 0 Å². The molecule has 0 aromatic heterocycles. The molecule has 0 radical (unpaired) electrons. The molecule has 3 unspecified atom stereocenters. The van der Waals surface area contributed by atoms with Crippen LogP contribution in [0, 0.1) is 29.4 Å². The van der Waals surface area contributed by atoms with Gasteiger partial charge in [-0.1, -0.05) is 24.3 Å². The van der Waals surface area contributed by atoms with Gasteiger partial charge in [0.05, 0.1) is 37.0 Å². The van der Waals surface area contributed by atoms with Gasteiger partial charge in [-0.05, 0) is 97.0 Å². The number of fused-ring (bicyclic) bond motifs is 2. The average Bonchev–Trinajstić information content (AvgIpc) is 3.88. The maximum atomic E-state index is 15.5. The van der Waals surface area contributed by atoms with Gasteiger partial charge >= 0.3 is 18.4 Å². The normalized spacial score (nSPS) is 19.9. The van der Waals surface area contributed by atoms with Crippen LogP contribution in [0.5, 0.6) is 11.5 Å². The number of hydrogen-bond donors (Lipinski definition) is 3. The van der Waals surface area contributed by atoms with Crippen molar-refractivity contribution in [1.82, 2.24) is 5.32 Å². The van der Waals surface area contributed by atoms with E-state index >= 15 is 4.39 Å². The number of methoxy groups -OCH3 is 2. The van der Waals surface area contributed by atoms with Crippen molar-refractivity contribution in [3.8, 4) is 22.6 Å². The van der Waals surface area contributed by atoms with Crippen molar-refractivity contribution in [3.63, 3.8) is 0 Å². The molecule has 0 heterocycles. The van der Waals surface area contributed by atoms with Gasteiger partial charge in [0.1, 0.15) is 23.1 Å². The van der Waals surface area contributed by atoms with Gasteiger partial charge in [-0.25, -0.2) is 13.6 Å². The number of hydrogen-bond acceptors (Lipinski definition) is 6. The van der Waals surface area contributed by atoms with E-state index in [2.05, 4.69) is 21.7 Å². The summed E-state index contributed by atoms with van der Waals surface area (Å²) in [7, 11) is 2.55. The number of ether oxygens (including phenoxy) is 3. The van der Waals surface area contributed by atoms with Gasteiger partial charge in [0, 0.05) is 34.7 Å². The first-order valence-electron chi connectivity index (χ1n) is 18.6. The summed E-state index contributed by atoms with van der Waals surface area (Å²) in [4.78, 5) is 40.8. The number of alkyl halides is 6. The molecule has 17 heteroatoms. The topological polar surface area (TPSA) is 115 Å². The summed E-state index contributed by atoms with van der Waals surface area (Å²) < 4.78 is 129. The second-order valence-electron chi connectivity index (χ2n) is 14.5. The minimum Gasteiger partial charge on any atom is -0.496 e. The van der Waals surface area contributed by atoms with E-state index in [1.807, 2.05) is 0 Å². The van der Waals surface area contributed by atoms with Crippen LogP contribution in [-0.2, 0) is 15.7 Å². The van der Waals surface area contributed by atoms with Crippen molar-refractivity contribution < 1.29 is 63.7 Å². The lowest BCUT2D eigenvalue weighted by molar-refractivity contribution is -0.205. The molecular formula is C43H35F8N3O6. The van der Waals surface area contributed by atoms with Crippen LogP contribution in [0.4, 0.5) is 51.3 Å². The van der Waals surface area contributed by atoms with Gasteiger partial charge in [0.15, 0.2) is 0 Å². The zero-order valence-electron chi connectivity index (χ0n) is 31.7. The smallest absolute Gasteiger partial charge is 0.429 e. The fourth-order valence-corrected chi connectivity index (χ4v) is 7.88. The Morgan fingerprint density at radius 3 is 2.17 bits per heavy atom. The molecular weight excluding hydrogens is 806 g/mol. The van der Waals surface area contributed by atoms with Crippen LogP contribution < -0.4 is 25.4 Å². The van der Waals surface area contributed by atoms with Crippen LogP contribution in [0.1, 0.15) is 53.3 Å². The average molecular weight is 842 g/mol. The van der Waals surface area contributed by atoms with Crippen molar-refractivity contribution in [1.29, 1.82) is 0 Å². The van der Waals surface area contributed by atoms with E-state index in [0.717, 1.165) is 48.3 Å². The van der Waals surface area contributed by atoms with Crippen LogP contribution in [-0.4, -0.2) is 44.3 Å². The highest BCUT2D eigenvalue weighted by Crippen LogP contribution is 2.53. The number of rotatable bonds is 10. The van der Waals surface area contributed by atoms with Crippen molar-refractivity contribution in [3.05, 3.63) is 124 Å². The quantitative estimate of drug-likeness (QED) is 0.108. The molecule has 60 heavy (non-hydrogen) atoms. The van der Waals surface area contributed by atoms with Gasteiger partial charge in [-0.3, -0.25) is 14.9 Å². The summed E-state index contributed by atoms with van der Waals surface area (Å²) in [6.45, 7) is 0. The molecule has 9 nitrogen and oxygen atoms in total. The second kappa shape index (κ2) is 16.4. The van der Waals surface area contributed by atoms with E-state index in [9.17, 15) is 45.1 Å². The van der Waals surface area contributed by atoms with Gasteiger partial charge in [0.25, 0.3) is 5.91 Å². The SMILES string of the molecule is COc1ccccc1NC(=O)OC(c1ccc(F)c(-c2ccc(OC)c(C(=O)N[C@@H]3C4CCC(C4=C=C4CC4)[C@@H]3C(=O)Nc3ccc(F)c(C(F)(F)F)c3)c2)c1)C(F)(F)F. The fraction of sp³-hybridized carbons (Fsp3) is 0.302. The zero-order chi connectivity index (χ0) is 43.1. The van der Waals surface area contributed by atoms with Gasteiger partial charge in [-0.15, -0.1) is 5.73 Å². The maximum absolute atomic E-state index is 15.5. The predicted molar refractivity (Wildman–Crippen MR) is 201 cm³/mol. The van der Waals surface area contributed by atoms with Gasteiger partial charge in [0.2, 0.25) is 12.0 Å². The molecule has 314 valence electrons. The zero-order valence-corrected chi connectivity index (χ0v) is 31.7. The lowest BCUT2D eigenvalue weighted by atomic mass is 9.83. The first-order valence-corrected chi connectivity index (χ1v) is 18.6. The molecule has 3 amide bonds. The molecule has 0 spiro atoms. The van der Waals surface area contributed by atoms with E-state index in [0.29, 0.717) is 25.0 Å². The molecule has 0 saturated heterocycles. The Bertz CT molecular complexity index is 2420. The lowest BCUT2D eigenvalue weighted by Crippen LogP contribution is -2.48. The van der Waals surface area contributed by atoms with Crippen LogP contribution in [0.15, 0.2) is 95.7 Å². The van der Waals surface area contributed by atoms with Crippen molar-refractivity contribution in [2.75, 3.05) is 24.9 Å². The fourth-order valence-electron chi connectivity index (χ4n) is 7.88. The predicted octanol–water partition coefficient (Wildman–Crippen LogP) is 10.2. The monoisotopic (exact) mass is 841 g/mol. The summed E-state index contributed by atoms with van der Waals surface area (Å²) in [5.41, 5.74) is 2.09. The van der Waals surface area contributed by atoms with Crippen molar-refractivity contribution in [2.45, 2.75) is 50.2 Å². The van der Waals surface area contributed by atoms with Crippen molar-refractivity contribution in [2.24, 2.45) is 17.8 Å². The van der Waals surface area contributed by atoms with Gasteiger partial charge in [-0.2, -0.15) is 26.3 Å². The Morgan fingerprint density at radius 2 is 1.48 bits per heavy atom. The summed E-state index contributed by atoms with van der Waals surface area (Å²) in [6.07, 6.45) is -11.8. The Balaban J connectivity index is 1.17. The van der Waals surface area contributed by atoms with E-state index in [-0.39, 0.29) is 45.5 Å². The third-order valence-electron chi connectivity index (χ3n) is 10.7. The molecule has 2 bridgehead atoms. The van der Waals surface area contributed by atoms with Crippen LogP contribution in [0.25, 0.3) is 11.1 Å². The molecule has 4 aromatic rings. The third kappa shape index (κ3) is 8.67. The lowest BCUT2D eigenvalue weighted by Gasteiger charge is -2.30. The third-order valence-corrected chi connectivity index (χ3v) is 10.7. The minimum absolute atomic E-state index is 0.0108. The number of benzene rings is 4. The Morgan fingerprint density at radius 1 is 0.783 bits per heavy atom. The highest BCUT2D eigenvalue weighted by Gasteiger charge is 2.55. The number of amides is 3. The van der Waals surface area contributed by atoms with Gasteiger partial charge < -0.3 is 24.8 Å². The maximum Gasteiger partial charge on any atom is 0.429 e. The first kappa shape index (κ1) is 41.8. The number of halogens is 8. The van der Waals surface area contributed by atoms with Crippen LogP contribution >= 0.6 is 0 Å². The molecule has 4 aromatic carbocycles. The largest absolute Gasteiger partial charge is 0.496 e. The highest BCUT2D eigenvalue weighted by molar-refractivity contribution is 6.00. The molecule has 3 aliphatic carbocycles. The number of anilines is 2. The molecule has 3 fully saturated rings. The molecule has 3 aliphatic rings. The number of para-hydroxylation sites is 2. The number of carbonyl (C=O) groups is 3. The molecule has 7 rings (SSSR count). The summed E-state index contributed by atoms with van der Waals surface area (Å²) in [5, 5.41) is 7.54. The second-order valence-corrected chi connectivity index (χ2v) is 14.5.